The summed E-state index contributed by atoms with van der Waals surface area (Å²) in [5.74, 6) is -0.769. The smallest absolute Gasteiger partial charge is 0.271 e. The van der Waals surface area contributed by atoms with Gasteiger partial charge in [-0.15, -0.1) is 0 Å². The van der Waals surface area contributed by atoms with Crippen LogP contribution in [-0.4, -0.2) is 49.2 Å². The first-order chi connectivity index (χ1) is 19.0. The Kier molecular flexibility index (Phi) is 10.4. The fourth-order valence-electron chi connectivity index (χ4n) is 4.13. The molecule has 0 aliphatic carbocycles. The average Bonchev–Trinajstić information content (AvgIpc) is 2.95. The Morgan fingerprint density at radius 3 is 2.15 bits per heavy atom. The van der Waals surface area contributed by atoms with E-state index >= 15 is 0 Å². The Morgan fingerprint density at radius 2 is 1.57 bits per heavy atom. The number of nitro benzene ring substituents is 1. The number of hydrogen-bond acceptors (Lipinski definition) is 6. The number of benzene rings is 3. The van der Waals surface area contributed by atoms with E-state index in [-0.39, 0.29) is 34.6 Å². The first kappa shape index (κ1) is 30.3. The van der Waals surface area contributed by atoms with Crippen LogP contribution in [-0.2, 0) is 26.2 Å². The van der Waals surface area contributed by atoms with E-state index < -0.39 is 33.4 Å². The van der Waals surface area contributed by atoms with Crippen molar-refractivity contribution in [3.05, 3.63) is 101 Å². The molecule has 0 aliphatic heterocycles. The number of hydrogen-bond donors (Lipinski definition) is 1. The number of nitrogens with one attached hydrogen (secondary N) is 1. The predicted molar refractivity (Wildman–Crippen MR) is 153 cm³/mol. The highest BCUT2D eigenvalue weighted by atomic mass is 32.2. The summed E-state index contributed by atoms with van der Waals surface area (Å²) in [6.07, 6.45) is 0.296. The van der Waals surface area contributed by atoms with Gasteiger partial charge >= 0.3 is 0 Å². The fourth-order valence-corrected chi connectivity index (χ4v) is 5.56. The number of nitrogens with zero attached hydrogens (tertiary/aromatic N) is 3. The third-order valence-corrected chi connectivity index (χ3v) is 7.99. The first-order valence-corrected chi connectivity index (χ1v) is 14.4. The van der Waals surface area contributed by atoms with Crippen molar-refractivity contribution in [2.45, 2.75) is 44.7 Å². The predicted octanol–water partition coefficient (Wildman–Crippen LogP) is 4.37. The molecule has 3 aromatic rings. The molecule has 10 nitrogen and oxygen atoms in total. The molecule has 0 fully saturated rings. The standard InChI is InChI=1S/C29H34N4O6S/c1-4-27(29(35)30-19-22(2)3)31(20-23-12-7-5-8-13-23)28(34)21-32(24-14-11-15-25(18-24)33(36)37)40(38,39)26-16-9-6-10-17-26/h5-18,22,27H,4,19-21H2,1-3H3,(H,30,35)/t27-/m1/s1. The van der Waals surface area contributed by atoms with E-state index in [4.69, 9.17) is 0 Å². The molecule has 0 unspecified atom stereocenters. The van der Waals surface area contributed by atoms with Gasteiger partial charge in [0.15, 0.2) is 0 Å². The van der Waals surface area contributed by atoms with E-state index in [9.17, 15) is 28.1 Å². The van der Waals surface area contributed by atoms with Gasteiger partial charge in [-0.1, -0.05) is 75.4 Å². The molecule has 3 aromatic carbocycles. The second kappa shape index (κ2) is 13.7. The van der Waals surface area contributed by atoms with Crippen LogP contribution in [0.2, 0.25) is 0 Å². The van der Waals surface area contributed by atoms with Crippen molar-refractivity contribution in [3.8, 4) is 0 Å². The molecule has 0 saturated heterocycles. The summed E-state index contributed by atoms with van der Waals surface area (Å²) in [4.78, 5) is 39.3. The second-order valence-electron chi connectivity index (χ2n) is 9.67. The highest BCUT2D eigenvalue weighted by molar-refractivity contribution is 7.92. The summed E-state index contributed by atoms with van der Waals surface area (Å²) in [5, 5.41) is 14.3. The van der Waals surface area contributed by atoms with Crippen molar-refractivity contribution in [1.29, 1.82) is 0 Å². The molecule has 1 N–H and O–H groups in total. The Bertz CT molecular complexity index is 1410. The van der Waals surface area contributed by atoms with Crippen molar-refractivity contribution in [2.24, 2.45) is 5.92 Å². The van der Waals surface area contributed by atoms with E-state index in [0.29, 0.717) is 13.0 Å². The van der Waals surface area contributed by atoms with Gasteiger partial charge in [-0.25, -0.2) is 8.42 Å². The largest absolute Gasteiger partial charge is 0.354 e. The van der Waals surface area contributed by atoms with Crippen LogP contribution >= 0.6 is 0 Å². The zero-order valence-corrected chi connectivity index (χ0v) is 23.6. The Balaban J connectivity index is 2.06. The van der Waals surface area contributed by atoms with Gasteiger partial charge < -0.3 is 10.2 Å². The van der Waals surface area contributed by atoms with Gasteiger partial charge in [-0.2, -0.15) is 0 Å². The minimum atomic E-state index is -4.31. The summed E-state index contributed by atoms with van der Waals surface area (Å²) < 4.78 is 28.4. The van der Waals surface area contributed by atoms with E-state index in [0.717, 1.165) is 15.9 Å². The van der Waals surface area contributed by atoms with Crippen LogP contribution in [0.15, 0.2) is 89.8 Å². The molecule has 0 aliphatic rings. The third-order valence-electron chi connectivity index (χ3n) is 6.20. The topological polar surface area (TPSA) is 130 Å². The summed E-state index contributed by atoms with van der Waals surface area (Å²) in [6, 6.07) is 20.9. The van der Waals surface area contributed by atoms with Gasteiger partial charge in [0.05, 0.1) is 15.5 Å². The van der Waals surface area contributed by atoms with E-state index in [2.05, 4.69) is 5.32 Å². The second-order valence-corrected chi connectivity index (χ2v) is 11.5. The van der Waals surface area contributed by atoms with Crippen LogP contribution in [0.25, 0.3) is 0 Å². The van der Waals surface area contributed by atoms with Crippen molar-refractivity contribution in [2.75, 3.05) is 17.4 Å². The number of rotatable bonds is 13. The summed E-state index contributed by atoms with van der Waals surface area (Å²) in [5.41, 5.74) is 0.404. The van der Waals surface area contributed by atoms with Crippen molar-refractivity contribution in [3.63, 3.8) is 0 Å². The lowest BCUT2D eigenvalue weighted by Gasteiger charge is -2.33. The molecule has 0 bridgehead atoms. The molecule has 0 saturated carbocycles. The normalized spacial score (nSPS) is 12.0. The molecule has 1 atom stereocenters. The maximum atomic E-state index is 14.0. The fraction of sp³-hybridized carbons (Fsp3) is 0.310. The molecular formula is C29H34N4O6S. The van der Waals surface area contributed by atoms with Crippen LogP contribution in [0, 0.1) is 16.0 Å². The molecule has 11 heteroatoms. The zero-order chi connectivity index (χ0) is 29.3. The molecule has 212 valence electrons. The molecule has 0 spiro atoms. The lowest BCUT2D eigenvalue weighted by atomic mass is 10.1. The first-order valence-electron chi connectivity index (χ1n) is 13.0. The van der Waals surface area contributed by atoms with Crippen LogP contribution in [0.1, 0.15) is 32.8 Å². The third kappa shape index (κ3) is 7.66. The van der Waals surface area contributed by atoms with Crippen molar-refractivity contribution < 1.29 is 22.9 Å². The molecular weight excluding hydrogens is 532 g/mol. The lowest BCUT2D eigenvalue weighted by Crippen LogP contribution is -2.52. The van der Waals surface area contributed by atoms with Crippen LogP contribution < -0.4 is 9.62 Å². The van der Waals surface area contributed by atoms with E-state index in [1.807, 2.05) is 44.2 Å². The number of carbonyl (C=O) groups is 2. The van der Waals surface area contributed by atoms with Gasteiger partial charge in [-0.3, -0.25) is 24.0 Å². The van der Waals surface area contributed by atoms with E-state index in [1.54, 1.807) is 25.1 Å². The van der Waals surface area contributed by atoms with Crippen molar-refractivity contribution >= 4 is 33.2 Å². The number of nitro groups is 1. The summed E-state index contributed by atoms with van der Waals surface area (Å²) >= 11 is 0. The Morgan fingerprint density at radius 1 is 0.950 bits per heavy atom. The average molecular weight is 567 g/mol. The quantitative estimate of drug-likeness (QED) is 0.242. The Hall–Kier alpha value is -4.25. The van der Waals surface area contributed by atoms with Crippen LogP contribution in [0.3, 0.4) is 0 Å². The molecule has 0 radical (unpaired) electrons. The SMILES string of the molecule is CC[C@H](C(=O)NCC(C)C)N(Cc1ccccc1)C(=O)CN(c1cccc([N+](=O)[O-])c1)S(=O)(=O)c1ccccc1. The Labute approximate surface area is 234 Å². The monoisotopic (exact) mass is 566 g/mol. The lowest BCUT2D eigenvalue weighted by molar-refractivity contribution is -0.384. The van der Waals surface area contributed by atoms with Gasteiger partial charge in [0.25, 0.3) is 15.7 Å². The maximum absolute atomic E-state index is 14.0. The highest BCUT2D eigenvalue weighted by Crippen LogP contribution is 2.27. The number of anilines is 1. The molecule has 3 rings (SSSR count). The van der Waals surface area contributed by atoms with Gasteiger partial charge in [-0.05, 0) is 36.1 Å². The summed E-state index contributed by atoms with van der Waals surface area (Å²) in [7, 11) is -4.31. The molecule has 0 heterocycles. The van der Waals surface area contributed by atoms with Gasteiger partial charge in [0.1, 0.15) is 12.6 Å². The molecule has 2 amide bonds. The van der Waals surface area contributed by atoms with E-state index in [1.165, 1.54) is 35.2 Å². The van der Waals surface area contributed by atoms with Crippen molar-refractivity contribution in [1.82, 2.24) is 10.2 Å². The zero-order valence-electron chi connectivity index (χ0n) is 22.8. The van der Waals surface area contributed by atoms with Gasteiger partial charge in [0, 0.05) is 25.2 Å². The maximum Gasteiger partial charge on any atom is 0.271 e. The summed E-state index contributed by atoms with van der Waals surface area (Å²) in [6.45, 7) is 5.52. The minimum Gasteiger partial charge on any atom is -0.354 e. The number of amides is 2. The minimum absolute atomic E-state index is 0.0385. The number of sulfonamides is 1. The van der Waals surface area contributed by atoms with Crippen LogP contribution in [0.4, 0.5) is 11.4 Å². The highest BCUT2D eigenvalue weighted by Gasteiger charge is 2.34. The number of non-ortho nitro benzene ring substituents is 1. The molecule has 0 aromatic heterocycles. The van der Waals surface area contributed by atoms with Crippen LogP contribution in [0.5, 0.6) is 0 Å². The van der Waals surface area contributed by atoms with Gasteiger partial charge in [0.2, 0.25) is 11.8 Å². The number of carbonyl (C=O) groups excluding carboxylic acids is 2. The molecule has 40 heavy (non-hydrogen) atoms.